The van der Waals surface area contributed by atoms with Crippen LogP contribution >= 0.6 is 0 Å². The van der Waals surface area contributed by atoms with E-state index in [4.69, 9.17) is 0 Å². The lowest BCUT2D eigenvalue weighted by Gasteiger charge is -2.04. The topological polar surface area (TPSA) is 37.8 Å². The van der Waals surface area contributed by atoms with E-state index in [1.165, 1.54) is 11.1 Å². The zero-order valence-corrected chi connectivity index (χ0v) is 10.1. The van der Waals surface area contributed by atoms with Gasteiger partial charge >= 0.3 is 0 Å². The van der Waals surface area contributed by atoms with Crippen LogP contribution in [0.3, 0.4) is 0 Å². The lowest BCUT2D eigenvalue weighted by atomic mass is 10.2. The first-order chi connectivity index (χ1) is 8.34. The Labute approximate surface area is 102 Å². The quantitative estimate of drug-likeness (QED) is 0.795. The monoisotopic (exact) mass is 227 g/mol. The van der Waals surface area contributed by atoms with E-state index in [1.54, 1.807) is 6.20 Å². The van der Waals surface area contributed by atoms with Gasteiger partial charge in [-0.05, 0) is 43.1 Å². The molecule has 0 aliphatic heterocycles. The van der Waals surface area contributed by atoms with Crippen LogP contribution < -0.4 is 5.32 Å². The van der Waals surface area contributed by atoms with Crippen LogP contribution in [-0.2, 0) is 13.0 Å². The molecule has 0 aromatic carbocycles. The molecule has 0 atom stereocenters. The first kappa shape index (κ1) is 11.7. The van der Waals surface area contributed by atoms with Crippen molar-refractivity contribution in [3.05, 3.63) is 59.7 Å². The highest BCUT2D eigenvalue weighted by molar-refractivity contribution is 5.12. The number of hydrogen-bond acceptors (Lipinski definition) is 3. The Morgan fingerprint density at radius 3 is 2.82 bits per heavy atom. The fourth-order valence-corrected chi connectivity index (χ4v) is 1.60. The summed E-state index contributed by atoms with van der Waals surface area (Å²) in [7, 11) is 0. The molecule has 0 saturated carbocycles. The van der Waals surface area contributed by atoms with Crippen molar-refractivity contribution in [2.24, 2.45) is 0 Å². The predicted octanol–water partition coefficient (Wildman–Crippen LogP) is 2.12. The second-order valence-corrected chi connectivity index (χ2v) is 4.11. The minimum Gasteiger partial charge on any atom is -0.311 e. The molecular weight excluding hydrogens is 210 g/mol. The molecular formula is C14H17N3. The van der Waals surface area contributed by atoms with Crippen molar-refractivity contribution >= 4 is 0 Å². The van der Waals surface area contributed by atoms with Gasteiger partial charge in [0.1, 0.15) is 0 Å². The fraction of sp³-hybridized carbons (Fsp3) is 0.286. The van der Waals surface area contributed by atoms with Crippen LogP contribution in [0.15, 0.2) is 42.9 Å². The molecule has 0 unspecified atom stereocenters. The van der Waals surface area contributed by atoms with E-state index in [0.29, 0.717) is 0 Å². The number of pyridine rings is 2. The molecule has 0 aliphatic carbocycles. The highest BCUT2D eigenvalue weighted by Gasteiger charge is 1.95. The Bertz CT molecular complexity index is 437. The van der Waals surface area contributed by atoms with E-state index < -0.39 is 0 Å². The van der Waals surface area contributed by atoms with Crippen molar-refractivity contribution in [2.45, 2.75) is 19.9 Å². The van der Waals surface area contributed by atoms with Gasteiger partial charge in [-0.3, -0.25) is 9.97 Å². The van der Waals surface area contributed by atoms with Crippen LogP contribution in [0.25, 0.3) is 0 Å². The molecule has 88 valence electrons. The Kier molecular flexibility index (Phi) is 4.22. The largest absolute Gasteiger partial charge is 0.311 e. The predicted molar refractivity (Wildman–Crippen MR) is 68.6 cm³/mol. The molecule has 2 heterocycles. The SMILES string of the molecule is Cc1ccc(CNCCc2cccnc2)nc1. The third-order valence-electron chi connectivity index (χ3n) is 2.59. The minimum absolute atomic E-state index is 0.820. The van der Waals surface area contributed by atoms with Gasteiger partial charge in [0.05, 0.1) is 5.69 Å². The van der Waals surface area contributed by atoms with Gasteiger partial charge in [-0.25, -0.2) is 0 Å². The molecule has 0 amide bonds. The summed E-state index contributed by atoms with van der Waals surface area (Å²) in [6.07, 6.45) is 6.61. The van der Waals surface area contributed by atoms with E-state index in [0.717, 1.165) is 25.2 Å². The smallest absolute Gasteiger partial charge is 0.0541 e. The highest BCUT2D eigenvalue weighted by Crippen LogP contribution is 1.99. The van der Waals surface area contributed by atoms with Crippen molar-refractivity contribution in [3.63, 3.8) is 0 Å². The third-order valence-corrected chi connectivity index (χ3v) is 2.59. The van der Waals surface area contributed by atoms with E-state index in [1.807, 2.05) is 25.4 Å². The summed E-state index contributed by atoms with van der Waals surface area (Å²) >= 11 is 0. The van der Waals surface area contributed by atoms with E-state index in [-0.39, 0.29) is 0 Å². The summed E-state index contributed by atoms with van der Waals surface area (Å²) in [5.74, 6) is 0. The highest BCUT2D eigenvalue weighted by atomic mass is 14.9. The van der Waals surface area contributed by atoms with Crippen molar-refractivity contribution in [3.8, 4) is 0 Å². The number of aryl methyl sites for hydroxylation is 1. The van der Waals surface area contributed by atoms with Gasteiger partial charge in [-0.1, -0.05) is 12.1 Å². The number of nitrogens with one attached hydrogen (secondary N) is 1. The van der Waals surface area contributed by atoms with Crippen LogP contribution in [0.2, 0.25) is 0 Å². The summed E-state index contributed by atoms with van der Waals surface area (Å²) in [6, 6.07) is 8.22. The first-order valence-electron chi connectivity index (χ1n) is 5.86. The first-order valence-corrected chi connectivity index (χ1v) is 5.86. The van der Waals surface area contributed by atoms with Gasteiger partial charge in [0, 0.05) is 25.1 Å². The maximum atomic E-state index is 4.35. The lowest BCUT2D eigenvalue weighted by molar-refractivity contribution is 0.673. The van der Waals surface area contributed by atoms with Gasteiger partial charge in [0.25, 0.3) is 0 Å². The molecule has 0 radical (unpaired) electrons. The maximum Gasteiger partial charge on any atom is 0.0541 e. The minimum atomic E-state index is 0.820. The molecule has 0 bridgehead atoms. The molecule has 0 aliphatic rings. The Hall–Kier alpha value is -1.74. The Balaban J connectivity index is 1.71. The van der Waals surface area contributed by atoms with Gasteiger partial charge in [-0.2, -0.15) is 0 Å². The zero-order chi connectivity index (χ0) is 11.9. The van der Waals surface area contributed by atoms with Crippen LogP contribution in [0.5, 0.6) is 0 Å². The summed E-state index contributed by atoms with van der Waals surface area (Å²) in [6.45, 7) is 3.81. The van der Waals surface area contributed by atoms with Crippen molar-refractivity contribution in [1.82, 2.24) is 15.3 Å². The van der Waals surface area contributed by atoms with Crippen LogP contribution in [-0.4, -0.2) is 16.5 Å². The Morgan fingerprint density at radius 2 is 2.12 bits per heavy atom. The molecule has 2 aromatic heterocycles. The Morgan fingerprint density at radius 1 is 1.18 bits per heavy atom. The van der Waals surface area contributed by atoms with Crippen molar-refractivity contribution < 1.29 is 0 Å². The maximum absolute atomic E-state index is 4.35. The molecule has 0 fully saturated rings. The van der Waals surface area contributed by atoms with E-state index in [2.05, 4.69) is 33.5 Å². The summed E-state index contributed by atoms with van der Waals surface area (Å²) in [5.41, 5.74) is 3.54. The number of hydrogen-bond donors (Lipinski definition) is 1. The standard InChI is InChI=1S/C14H17N3/c1-12-4-5-14(17-9-12)11-16-8-6-13-3-2-7-15-10-13/h2-5,7,9-10,16H,6,8,11H2,1H3. The average Bonchev–Trinajstić information content (AvgIpc) is 2.38. The number of aromatic nitrogens is 2. The second kappa shape index (κ2) is 6.11. The summed E-state index contributed by atoms with van der Waals surface area (Å²) < 4.78 is 0. The molecule has 3 nitrogen and oxygen atoms in total. The molecule has 1 N–H and O–H groups in total. The van der Waals surface area contributed by atoms with Gasteiger partial charge in [0.15, 0.2) is 0 Å². The average molecular weight is 227 g/mol. The van der Waals surface area contributed by atoms with Crippen molar-refractivity contribution in [1.29, 1.82) is 0 Å². The molecule has 3 heteroatoms. The molecule has 2 rings (SSSR count). The molecule has 0 saturated heterocycles. The van der Waals surface area contributed by atoms with Crippen LogP contribution in [0, 0.1) is 6.92 Å². The lowest BCUT2D eigenvalue weighted by Crippen LogP contribution is -2.17. The zero-order valence-electron chi connectivity index (χ0n) is 10.1. The second-order valence-electron chi connectivity index (χ2n) is 4.11. The third kappa shape index (κ3) is 3.96. The summed E-state index contributed by atoms with van der Waals surface area (Å²) in [5, 5.41) is 3.38. The van der Waals surface area contributed by atoms with Crippen LogP contribution in [0.1, 0.15) is 16.8 Å². The fourth-order valence-electron chi connectivity index (χ4n) is 1.60. The van der Waals surface area contributed by atoms with E-state index >= 15 is 0 Å². The number of rotatable bonds is 5. The normalized spacial score (nSPS) is 10.4. The molecule has 0 spiro atoms. The van der Waals surface area contributed by atoms with Crippen molar-refractivity contribution in [2.75, 3.05) is 6.54 Å². The van der Waals surface area contributed by atoms with E-state index in [9.17, 15) is 0 Å². The van der Waals surface area contributed by atoms with Gasteiger partial charge in [-0.15, -0.1) is 0 Å². The molecule has 17 heavy (non-hydrogen) atoms. The van der Waals surface area contributed by atoms with Gasteiger partial charge < -0.3 is 5.32 Å². The van der Waals surface area contributed by atoms with Crippen LogP contribution in [0.4, 0.5) is 0 Å². The summed E-state index contributed by atoms with van der Waals surface area (Å²) in [4.78, 5) is 8.44. The van der Waals surface area contributed by atoms with Gasteiger partial charge in [0.2, 0.25) is 0 Å². The number of nitrogens with zero attached hydrogens (tertiary/aromatic N) is 2. The molecule has 2 aromatic rings.